The summed E-state index contributed by atoms with van der Waals surface area (Å²) in [6, 6.07) is 0. The van der Waals surface area contributed by atoms with Crippen molar-refractivity contribution in [3.63, 3.8) is 0 Å². The summed E-state index contributed by atoms with van der Waals surface area (Å²) in [5, 5.41) is 0. The van der Waals surface area contributed by atoms with E-state index in [4.69, 9.17) is 0 Å². The quantitative estimate of drug-likeness (QED) is 0.455. The highest BCUT2D eigenvalue weighted by Crippen LogP contribution is 2.42. The maximum atomic E-state index is 2.29. The Hall–Kier alpha value is 0. The van der Waals surface area contributed by atoms with Crippen molar-refractivity contribution in [1.29, 1.82) is 0 Å². The molecule has 0 amide bonds. The average Bonchev–Trinajstić information content (AvgIpc) is 2.19. The van der Waals surface area contributed by atoms with Gasteiger partial charge in [0, 0.05) is 0 Å². The lowest BCUT2D eigenvalue weighted by Gasteiger charge is -1.78. The van der Waals surface area contributed by atoms with Crippen LogP contribution in [0.25, 0.3) is 0 Å². The summed E-state index contributed by atoms with van der Waals surface area (Å²) in [6.07, 6.45) is 2.73. The van der Waals surface area contributed by atoms with Crippen LogP contribution in [0.5, 0.6) is 0 Å². The molecule has 1 saturated carbocycles. The van der Waals surface area contributed by atoms with Gasteiger partial charge in [0.05, 0.1) is 0 Å². The van der Waals surface area contributed by atoms with Gasteiger partial charge < -0.3 is 0 Å². The molecule has 0 saturated heterocycles. The number of rotatable bonds is 1. The smallest absolute Gasteiger partial charge is 0.0212 e. The molecule has 0 heterocycles. The molecule has 0 aliphatic heterocycles. The predicted molar refractivity (Wildman–Crippen MR) is 27.3 cm³/mol. The van der Waals surface area contributed by atoms with E-state index in [0.717, 1.165) is 5.92 Å². The van der Waals surface area contributed by atoms with E-state index in [0.29, 0.717) is 0 Å². The molecule has 1 aliphatic carbocycles. The largest absolute Gasteiger partial charge is 0.0648 e. The molecule has 0 nitrogen and oxygen atoms in total. The third kappa shape index (κ3) is 0.562. The fourth-order valence-corrected chi connectivity index (χ4v) is 0.827. The van der Waals surface area contributed by atoms with Crippen molar-refractivity contribution >= 4 is 0 Å². The van der Waals surface area contributed by atoms with Gasteiger partial charge in [-0.1, -0.05) is 13.8 Å². The van der Waals surface area contributed by atoms with Gasteiger partial charge in [-0.25, -0.2) is 0 Å². The highest BCUT2D eigenvalue weighted by Gasteiger charge is 2.30. The fourth-order valence-electron chi connectivity index (χ4n) is 0.827. The molecule has 0 spiro atoms. The normalized spacial score (nSPS) is 34.0. The number of hydrogen-bond donors (Lipinski definition) is 0. The zero-order chi connectivity index (χ0) is 4.57. The lowest BCUT2D eigenvalue weighted by atomic mass is 10.3. The SMILES string of the molecule is CC[C]1CC1C. The van der Waals surface area contributed by atoms with E-state index < -0.39 is 0 Å². The summed E-state index contributed by atoms with van der Waals surface area (Å²) >= 11 is 0. The zero-order valence-corrected chi connectivity index (χ0v) is 4.49. The van der Waals surface area contributed by atoms with Gasteiger partial charge in [0.2, 0.25) is 0 Å². The summed E-state index contributed by atoms with van der Waals surface area (Å²) in [6.45, 7) is 4.53. The minimum atomic E-state index is 0.981. The van der Waals surface area contributed by atoms with Crippen molar-refractivity contribution in [1.82, 2.24) is 0 Å². The third-order valence-corrected chi connectivity index (χ3v) is 1.56. The lowest BCUT2D eigenvalue weighted by Crippen LogP contribution is -1.65. The molecule has 1 fully saturated rings. The van der Waals surface area contributed by atoms with Crippen molar-refractivity contribution in [3.8, 4) is 0 Å². The zero-order valence-electron chi connectivity index (χ0n) is 4.49. The van der Waals surface area contributed by atoms with E-state index in [-0.39, 0.29) is 0 Å². The Bertz CT molecular complexity index is 46.0. The van der Waals surface area contributed by atoms with E-state index in [1.54, 1.807) is 5.92 Å². The molecule has 6 heavy (non-hydrogen) atoms. The van der Waals surface area contributed by atoms with Gasteiger partial charge in [0.15, 0.2) is 0 Å². The molecule has 1 rings (SSSR count). The molecule has 1 unspecified atom stereocenters. The van der Waals surface area contributed by atoms with Crippen molar-refractivity contribution < 1.29 is 0 Å². The van der Waals surface area contributed by atoms with Gasteiger partial charge in [-0.3, -0.25) is 0 Å². The first-order valence-corrected chi connectivity index (χ1v) is 2.69. The maximum absolute atomic E-state index is 2.29. The third-order valence-electron chi connectivity index (χ3n) is 1.56. The van der Waals surface area contributed by atoms with Gasteiger partial charge >= 0.3 is 0 Å². The van der Waals surface area contributed by atoms with Crippen molar-refractivity contribution in [2.75, 3.05) is 0 Å². The van der Waals surface area contributed by atoms with Crippen LogP contribution in [-0.4, -0.2) is 0 Å². The summed E-state index contributed by atoms with van der Waals surface area (Å²) in [7, 11) is 0. The van der Waals surface area contributed by atoms with Crippen LogP contribution < -0.4 is 0 Å². The minimum absolute atomic E-state index is 0.981. The molecular weight excluding hydrogens is 72.1 g/mol. The van der Waals surface area contributed by atoms with E-state index in [1.807, 2.05) is 0 Å². The lowest BCUT2D eigenvalue weighted by molar-refractivity contribution is 0.937. The molecular formula is C6H11. The Morgan fingerprint density at radius 2 is 2.33 bits per heavy atom. The molecule has 0 aromatic carbocycles. The Balaban J connectivity index is 2.09. The fraction of sp³-hybridized carbons (Fsp3) is 0.833. The van der Waals surface area contributed by atoms with Crippen molar-refractivity contribution in [2.24, 2.45) is 5.92 Å². The summed E-state index contributed by atoms with van der Waals surface area (Å²) in [5.74, 6) is 2.74. The van der Waals surface area contributed by atoms with E-state index in [2.05, 4.69) is 13.8 Å². The van der Waals surface area contributed by atoms with Gasteiger partial charge in [0.1, 0.15) is 0 Å². The first kappa shape index (κ1) is 4.17. The van der Waals surface area contributed by atoms with Crippen LogP contribution in [0.1, 0.15) is 26.7 Å². The molecule has 0 aromatic rings. The first-order valence-electron chi connectivity index (χ1n) is 2.69. The van der Waals surface area contributed by atoms with E-state index in [1.165, 1.54) is 12.8 Å². The molecule has 1 atom stereocenters. The van der Waals surface area contributed by atoms with Crippen LogP contribution in [0.2, 0.25) is 0 Å². The average molecular weight is 83.2 g/mol. The molecule has 0 aromatic heterocycles. The topological polar surface area (TPSA) is 0 Å². The minimum Gasteiger partial charge on any atom is -0.0648 e. The summed E-state index contributed by atoms with van der Waals surface area (Å²) in [5.41, 5.74) is 0. The second-order valence-corrected chi connectivity index (χ2v) is 2.12. The van der Waals surface area contributed by atoms with Crippen molar-refractivity contribution in [2.45, 2.75) is 26.7 Å². The van der Waals surface area contributed by atoms with Gasteiger partial charge in [-0.2, -0.15) is 0 Å². The molecule has 35 valence electrons. The van der Waals surface area contributed by atoms with Crippen LogP contribution >= 0.6 is 0 Å². The van der Waals surface area contributed by atoms with Crippen molar-refractivity contribution in [3.05, 3.63) is 5.92 Å². The first-order chi connectivity index (χ1) is 2.84. The monoisotopic (exact) mass is 83.1 g/mol. The highest BCUT2D eigenvalue weighted by atomic mass is 14.3. The maximum Gasteiger partial charge on any atom is -0.0212 e. The summed E-state index contributed by atoms with van der Waals surface area (Å²) < 4.78 is 0. The molecule has 0 bridgehead atoms. The molecule has 0 N–H and O–H groups in total. The second-order valence-electron chi connectivity index (χ2n) is 2.12. The second kappa shape index (κ2) is 1.25. The highest BCUT2D eigenvalue weighted by molar-refractivity contribution is 5.10. The van der Waals surface area contributed by atoms with Crippen LogP contribution in [0.15, 0.2) is 0 Å². The van der Waals surface area contributed by atoms with E-state index in [9.17, 15) is 0 Å². The Labute approximate surface area is 39.6 Å². The summed E-state index contributed by atoms with van der Waals surface area (Å²) in [4.78, 5) is 0. The van der Waals surface area contributed by atoms with Gasteiger partial charge in [0.25, 0.3) is 0 Å². The standard InChI is InChI=1S/C6H11/c1-3-6-4-5(6)2/h5H,3-4H2,1-2H3. The Kier molecular flexibility index (Phi) is 0.868. The van der Waals surface area contributed by atoms with Crippen LogP contribution in [0, 0.1) is 11.8 Å². The van der Waals surface area contributed by atoms with Gasteiger partial charge in [-0.05, 0) is 24.7 Å². The van der Waals surface area contributed by atoms with E-state index >= 15 is 0 Å². The van der Waals surface area contributed by atoms with Crippen LogP contribution in [0.3, 0.4) is 0 Å². The van der Waals surface area contributed by atoms with Gasteiger partial charge in [-0.15, -0.1) is 0 Å². The van der Waals surface area contributed by atoms with Crippen LogP contribution in [0.4, 0.5) is 0 Å². The van der Waals surface area contributed by atoms with Crippen LogP contribution in [-0.2, 0) is 0 Å². The Morgan fingerprint density at radius 1 is 1.83 bits per heavy atom. The molecule has 1 aliphatic rings. The Morgan fingerprint density at radius 3 is 2.33 bits per heavy atom. The molecule has 0 heteroatoms. The predicted octanol–water partition coefficient (Wildman–Crippen LogP) is 2.01. The molecule has 1 radical (unpaired) electrons. The number of hydrogen-bond acceptors (Lipinski definition) is 0.